The highest BCUT2D eigenvalue weighted by molar-refractivity contribution is 7.90. The summed E-state index contributed by atoms with van der Waals surface area (Å²) < 4.78 is 21.8. The van der Waals surface area contributed by atoms with Crippen LogP contribution in [-0.4, -0.2) is 36.9 Å². The van der Waals surface area contributed by atoms with Crippen molar-refractivity contribution in [3.63, 3.8) is 0 Å². The Morgan fingerprint density at radius 1 is 1.40 bits per heavy atom. The lowest BCUT2D eigenvalue weighted by Crippen LogP contribution is -2.15. The predicted octanol–water partition coefficient (Wildman–Crippen LogP) is 0.550. The molecule has 5 nitrogen and oxygen atoms in total. The van der Waals surface area contributed by atoms with Gasteiger partial charge in [0.1, 0.15) is 15.7 Å². The van der Waals surface area contributed by atoms with Crippen molar-refractivity contribution in [2.24, 2.45) is 0 Å². The zero-order valence-electron chi connectivity index (χ0n) is 9.11. The summed E-state index contributed by atoms with van der Waals surface area (Å²) in [6, 6.07) is 0. The molecule has 1 rings (SSSR count). The maximum Gasteiger partial charge on any atom is 0.149 e. The Morgan fingerprint density at radius 2 is 2.07 bits per heavy atom. The van der Waals surface area contributed by atoms with Crippen LogP contribution in [0.25, 0.3) is 0 Å². The maximum absolute atomic E-state index is 10.9. The largest absolute Gasteiger partial charge is 0.368 e. The third-order valence-corrected chi connectivity index (χ3v) is 2.79. The van der Waals surface area contributed by atoms with Crippen molar-refractivity contribution < 1.29 is 8.42 Å². The van der Waals surface area contributed by atoms with Crippen molar-refractivity contribution >= 4 is 15.7 Å². The lowest BCUT2D eigenvalue weighted by molar-refractivity contribution is 0.602. The molecule has 84 valence electrons. The molecule has 0 radical (unpaired) electrons. The van der Waals surface area contributed by atoms with Crippen molar-refractivity contribution in [2.45, 2.75) is 13.8 Å². The molecule has 0 fully saturated rings. The molecule has 6 heteroatoms. The van der Waals surface area contributed by atoms with Gasteiger partial charge in [-0.05, 0) is 13.8 Å². The molecule has 0 spiro atoms. The number of aromatic nitrogens is 2. The van der Waals surface area contributed by atoms with Gasteiger partial charge in [0.05, 0.1) is 17.1 Å². The average Bonchev–Trinajstić information content (AvgIpc) is 2.09. The van der Waals surface area contributed by atoms with Gasteiger partial charge >= 0.3 is 0 Å². The first-order valence-corrected chi connectivity index (χ1v) is 6.66. The molecule has 0 unspecified atom stereocenters. The minimum atomic E-state index is -2.93. The van der Waals surface area contributed by atoms with Crippen molar-refractivity contribution in [1.82, 2.24) is 9.97 Å². The van der Waals surface area contributed by atoms with Gasteiger partial charge in [-0.15, -0.1) is 0 Å². The van der Waals surface area contributed by atoms with E-state index >= 15 is 0 Å². The third-order valence-electron chi connectivity index (χ3n) is 1.84. The minimum absolute atomic E-state index is 0.0993. The van der Waals surface area contributed by atoms with E-state index in [1.54, 1.807) is 6.20 Å². The van der Waals surface area contributed by atoms with E-state index in [-0.39, 0.29) is 5.75 Å². The van der Waals surface area contributed by atoms with Crippen molar-refractivity contribution in [3.05, 3.63) is 17.6 Å². The number of hydrogen-bond acceptors (Lipinski definition) is 5. The van der Waals surface area contributed by atoms with Crippen LogP contribution in [0, 0.1) is 13.8 Å². The second-order valence-corrected chi connectivity index (χ2v) is 5.76. The zero-order valence-corrected chi connectivity index (χ0v) is 9.93. The molecule has 0 saturated heterocycles. The van der Waals surface area contributed by atoms with Gasteiger partial charge in [0.15, 0.2) is 0 Å². The summed E-state index contributed by atoms with van der Waals surface area (Å²) in [5, 5.41) is 2.96. The normalized spacial score (nSPS) is 11.4. The van der Waals surface area contributed by atoms with E-state index in [0.717, 1.165) is 11.4 Å². The SMILES string of the molecule is Cc1cnc(C)c(NCCS(C)(=O)=O)n1. The molecular formula is C9H15N3O2S. The third kappa shape index (κ3) is 4.24. The van der Waals surface area contributed by atoms with E-state index in [0.29, 0.717) is 12.4 Å². The van der Waals surface area contributed by atoms with E-state index in [4.69, 9.17) is 0 Å². The van der Waals surface area contributed by atoms with E-state index in [1.165, 1.54) is 6.26 Å². The van der Waals surface area contributed by atoms with Gasteiger partial charge in [-0.25, -0.2) is 13.4 Å². The van der Waals surface area contributed by atoms with Crippen LogP contribution >= 0.6 is 0 Å². The second-order valence-electron chi connectivity index (χ2n) is 3.50. The highest BCUT2D eigenvalue weighted by Gasteiger charge is 2.04. The molecule has 0 aliphatic carbocycles. The smallest absolute Gasteiger partial charge is 0.149 e. The van der Waals surface area contributed by atoms with Crippen LogP contribution < -0.4 is 5.32 Å². The molecule has 15 heavy (non-hydrogen) atoms. The molecule has 1 aromatic heterocycles. The molecule has 1 N–H and O–H groups in total. The molecule has 0 aliphatic heterocycles. The quantitative estimate of drug-likeness (QED) is 0.816. The lowest BCUT2D eigenvalue weighted by atomic mass is 10.4. The summed E-state index contributed by atoms with van der Waals surface area (Å²) in [7, 11) is -2.93. The molecule has 0 saturated carbocycles. The monoisotopic (exact) mass is 229 g/mol. The van der Waals surface area contributed by atoms with Crippen LogP contribution in [0.5, 0.6) is 0 Å². The number of nitrogens with one attached hydrogen (secondary N) is 1. The van der Waals surface area contributed by atoms with Crippen LogP contribution in [0.15, 0.2) is 6.20 Å². The van der Waals surface area contributed by atoms with Gasteiger partial charge in [-0.2, -0.15) is 0 Å². The number of hydrogen-bond donors (Lipinski definition) is 1. The summed E-state index contributed by atoms with van der Waals surface area (Å²) >= 11 is 0. The number of rotatable bonds is 4. The Bertz CT molecular complexity index is 443. The first-order valence-electron chi connectivity index (χ1n) is 4.60. The van der Waals surface area contributed by atoms with Gasteiger partial charge < -0.3 is 5.32 Å². The van der Waals surface area contributed by atoms with Gasteiger partial charge in [-0.3, -0.25) is 4.98 Å². The van der Waals surface area contributed by atoms with Crippen LogP contribution in [0.3, 0.4) is 0 Å². The van der Waals surface area contributed by atoms with Crippen molar-refractivity contribution in [1.29, 1.82) is 0 Å². The fourth-order valence-electron chi connectivity index (χ4n) is 1.06. The Balaban J connectivity index is 2.61. The molecule has 0 aromatic carbocycles. The molecule has 0 bridgehead atoms. The average molecular weight is 229 g/mol. The summed E-state index contributed by atoms with van der Waals surface area (Å²) in [5.41, 5.74) is 1.58. The Labute approximate surface area is 89.9 Å². The number of anilines is 1. The van der Waals surface area contributed by atoms with E-state index in [2.05, 4.69) is 15.3 Å². The standard InChI is InChI=1S/C9H15N3O2S/c1-7-6-11-8(2)9(12-7)10-4-5-15(3,13)14/h6H,4-5H2,1-3H3,(H,10,12). The van der Waals surface area contributed by atoms with Gasteiger partial charge in [-0.1, -0.05) is 0 Å². The van der Waals surface area contributed by atoms with Gasteiger partial charge in [0.2, 0.25) is 0 Å². The van der Waals surface area contributed by atoms with Crippen LogP contribution in [-0.2, 0) is 9.84 Å². The second kappa shape index (κ2) is 4.57. The fourth-order valence-corrected chi connectivity index (χ4v) is 1.53. The fraction of sp³-hybridized carbons (Fsp3) is 0.556. The Hall–Kier alpha value is -1.17. The molecule has 0 amide bonds. The van der Waals surface area contributed by atoms with Crippen LogP contribution in [0.4, 0.5) is 5.82 Å². The molecule has 1 aromatic rings. The number of nitrogens with zero attached hydrogens (tertiary/aromatic N) is 2. The van der Waals surface area contributed by atoms with Crippen LogP contribution in [0.1, 0.15) is 11.4 Å². The first-order chi connectivity index (χ1) is 6.88. The summed E-state index contributed by atoms with van der Waals surface area (Å²) in [5.74, 6) is 0.751. The molecule has 0 aliphatic rings. The van der Waals surface area contributed by atoms with Gasteiger partial charge in [0, 0.05) is 19.0 Å². The first kappa shape index (κ1) is 11.9. The molecule has 0 atom stereocenters. The van der Waals surface area contributed by atoms with E-state index in [9.17, 15) is 8.42 Å². The highest BCUT2D eigenvalue weighted by atomic mass is 32.2. The van der Waals surface area contributed by atoms with E-state index < -0.39 is 9.84 Å². The molecular weight excluding hydrogens is 214 g/mol. The van der Waals surface area contributed by atoms with Crippen molar-refractivity contribution in [3.8, 4) is 0 Å². The minimum Gasteiger partial charge on any atom is -0.368 e. The van der Waals surface area contributed by atoms with Crippen molar-refractivity contribution in [2.75, 3.05) is 23.9 Å². The topological polar surface area (TPSA) is 72.0 Å². The Morgan fingerprint density at radius 3 is 2.67 bits per heavy atom. The summed E-state index contributed by atoms with van der Waals surface area (Å²) in [4.78, 5) is 8.34. The maximum atomic E-state index is 10.9. The summed E-state index contributed by atoms with van der Waals surface area (Å²) in [6.07, 6.45) is 2.89. The number of aryl methyl sites for hydroxylation is 2. The summed E-state index contributed by atoms with van der Waals surface area (Å²) in [6.45, 7) is 4.03. The zero-order chi connectivity index (χ0) is 11.5. The lowest BCUT2D eigenvalue weighted by Gasteiger charge is -2.07. The number of sulfone groups is 1. The van der Waals surface area contributed by atoms with E-state index in [1.807, 2.05) is 13.8 Å². The predicted molar refractivity (Wildman–Crippen MR) is 59.7 cm³/mol. The van der Waals surface area contributed by atoms with Gasteiger partial charge in [0.25, 0.3) is 0 Å². The Kier molecular flexibility index (Phi) is 3.62. The highest BCUT2D eigenvalue weighted by Crippen LogP contribution is 2.07. The molecule has 1 heterocycles. The van der Waals surface area contributed by atoms with Crippen LogP contribution in [0.2, 0.25) is 0 Å².